The molecule has 1 heterocycles. The molecule has 1 spiro atoms. The van der Waals surface area contributed by atoms with Crippen LogP contribution in [0.4, 0.5) is 0 Å². The van der Waals surface area contributed by atoms with Crippen LogP contribution in [0.25, 0.3) is 0 Å². The van der Waals surface area contributed by atoms with E-state index < -0.39 is 0 Å². The van der Waals surface area contributed by atoms with E-state index in [-0.39, 0.29) is 0 Å². The average Bonchev–Trinajstić information content (AvgIpc) is 2.64. The topological polar surface area (TPSA) is 41.6 Å². The van der Waals surface area contributed by atoms with Gasteiger partial charge in [0.05, 0.1) is 0 Å². The smallest absolute Gasteiger partial charge is 0.191 e. The summed E-state index contributed by atoms with van der Waals surface area (Å²) < 4.78 is 0. The fourth-order valence-corrected chi connectivity index (χ4v) is 3.10. The van der Waals surface area contributed by atoms with Crippen molar-refractivity contribution in [3.63, 3.8) is 0 Å². The van der Waals surface area contributed by atoms with Crippen LogP contribution in [0.1, 0.15) is 45.4 Å². The van der Waals surface area contributed by atoms with Gasteiger partial charge in [0.15, 0.2) is 5.96 Å². The summed E-state index contributed by atoms with van der Waals surface area (Å²) in [5, 5.41) is 0. The van der Waals surface area contributed by atoms with Gasteiger partial charge in [0, 0.05) is 19.6 Å². The molecule has 1 aliphatic heterocycles. The maximum absolute atomic E-state index is 5.96. The van der Waals surface area contributed by atoms with Crippen LogP contribution in [0.3, 0.4) is 0 Å². The lowest BCUT2D eigenvalue weighted by molar-refractivity contribution is 0.204. The van der Waals surface area contributed by atoms with E-state index in [0.717, 1.165) is 25.6 Å². The Balaban J connectivity index is 1.96. The molecule has 0 aromatic rings. The molecule has 15 heavy (non-hydrogen) atoms. The van der Waals surface area contributed by atoms with Crippen molar-refractivity contribution in [1.29, 1.82) is 0 Å². The van der Waals surface area contributed by atoms with Gasteiger partial charge >= 0.3 is 0 Å². The minimum absolute atomic E-state index is 0.589. The Morgan fingerprint density at radius 1 is 1.27 bits per heavy atom. The zero-order valence-electron chi connectivity index (χ0n) is 9.84. The van der Waals surface area contributed by atoms with Gasteiger partial charge in [-0.3, -0.25) is 4.99 Å². The van der Waals surface area contributed by atoms with Gasteiger partial charge in [0.1, 0.15) is 0 Å². The lowest BCUT2D eigenvalue weighted by atomic mass is 9.73. The number of nitrogens with zero attached hydrogens (tertiary/aromatic N) is 2. The monoisotopic (exact) mass is 209 g/mol. The maximum atomic E-state index is 5.96. The SMILES string of the molecule is CCN=C(N)N1CCC2(CCCCC2)C1. The normalized spacial score (nSPS) is 26.2. The van der Waals surface area contributed by atoms with Crippen LogP contribution >= 0.6 is 0 Å². The van der Waals surface area contributed by atoms with Gasteiger partial charge in [-0.25, -0.2) is 0 Å². The first kappa shape index (κ1) is 10.8. The Hall–Kier alpha value is -0.730. The highest BCUT2D eigenvalue weighted by Crippen LogP contribution is 2.43. The molecule has 2 aliphatic rings. The summed E-state index contributed by atoms with van der Waals surface area (Å²) in [6, 6.07) is 0. The van der Waals surface area contributed by atoms with E-state index in [0.29, 0.717) is 5.41 Å². The van der Waals surface area contributed by atoms with Crippen LogP contribution in [0, 0.1) is 5.41 Å². The quantitative estimate of drug-likeness (QED) is 0.530. The standard InChI is InChI=1S/C12H23N3/c1-2-14-11(13)15-9-8-12(10-15)6-4-3-5-7-12/h2-10H2,1H3,(H2,13,14). The van der Waals surface area contributed by atoms with Gasteiger partial charge in [-0.15, -0.1) is 0 Å². The fourth-order valence-electron chi connectivity index (χ4n) is 3.10. The molecule has 0 amide bonds. The number of guanidine groups is 1. The van der Waals surface area contributed by atoms with Crippen LogP contribution in [-0.2, 0) is 0 Å². The van der Waals surface area contributed by atoms with Crippen LogP contribution < -0.4 is 5.73 Å². The van der Waals surface area contributed by atoms with Crippen molar-refractivity contribution >= 4 is 5.96 Å². The summed E-state index contributed by atoms with van der Waals surface area (Å²) in [6.07, 6.45) is 8.40. The summed E-state index contributed by atoms with van der Waals surface area (Å²) >= 11 is 0. The van der Waals surface area contributed by atoms with Crippen molar-refractivity contribution in [2.75, 3.05) is 19.6 Å². The number of hydrogen-bond acceptors (Lipinski definition) is 1. The third-order valence-corrected chi connectivity index (χ3v) is 4.00. The average molecular weight is 209 g/mol. The molecular formula is C12H23N3. The van der Waals surface area contributed by atoms with E-state index in [2.05, 4.69) is 9.89 Å². The lowest BCUT2D eigenvalue weighted by Gasteiger charge is -2.33. The van der Waals surface area contributed by atoms with E-state index in [1.165, 1.54) is 38.5 Å². The second-order valence-corrected chi connectivity index (χ2v) is 5.06. The van der Waals surface area contributed by atoms with E-state index >= 15 is 0 Å². The first-order valence-electron chi connectivity index (χ1n) is 6.31. The van der Waals surface area contributed by atoms with Gasteiger partial charge in [0.2, 0.25) is 0 Å². The second-order valence-electron chi connectivity index (χ2n) is 5.06. The van der Waals surface area contributed by atoms with Crippen molar-refractivity contribution in [2.24, 2.45) is 16.1 Å². The lowest BCUT2D eigenvalue weighted by Crippen LogP contribution is -2.38. The zero-order chi connectivity index (χ0) is 10.7. The highest BCUT2D eigenvalue weighted by Gasteiger charge is 2.39. The molecule has 3 nitrogen and oxygen atoms in total. The van der Waals surface area contributed by atoms with Gasteiger partial charge in [-0.2, -0.15) is 0 Å². The zero-order valence-corrected chi connectivity index (χ0v) is 9.84. The third kappa shape index (κ3) is 2.27. The maximum Gasteiger partial charge on any atom is 0.191 e. The van der Waals surface area contributed by atoms with Crippen molar-refractivity contribution < 1.29 is 0 Å². The second kappa shape index (κ2) is 4.42. The van der Waals surface area contributed by atoms with Crippen molar-refractivity contribution in [1.82, 2.24) is 4.90 Å². The number of likely N-dealkylation sites (tertiary alicyclic amines) is 1. The highest BCUT2D eigenvalue weighted by molar-refractivity contribution is 5.78. The molecule has 0 bridgehead atoms. The molecular weight excluding hydrogens is 186 g/mol. The molecule has 1 aliphatic carbocycles. The van der Waals surface area contributed by atoms with Gasteiger partial charge in [0.25, 0.3) is 0 Å². The first-order chi connectivity index (χ1) is 7.26. The Bertz CT molecular complexity index is 241. The van der Waals surface area contributed by atoms with E-state index in [9.17, 15) is 0 Å². The summed E-state index contributed by atoms with van der Waals surface area (Å²) in [5.41, 5.74) is 6.54. The van der Waals surface area contributed by atoms with Gasteiger partial charge < -0.3 is 10.6 Å². The van der Waals surface area contributed by atoms with E-state index in [1.807, 2.05) is 6.92 Å². The minimum Gasteiger partial charge on any atom is -0.370 e. The molecule has 0 unspecified atom stereocenters. The molecule has 0 aromatic carbocycles. The summed E-state index contributed by atoms with van der Waals surface area (Å²) in [7, 11) is 0. The third-order valence-electron chi connectivity index (χ3n) is 4.00. The summed E-state index contributed by atoms with van der Waals surface area (Å²) in [4.78, 5) is 6.59. The van der Waals surface area contributed by atoms with Crippen molar-refractivity contribution in [3.05, 3.63) is 0 Å². The Morgan fingerprint density at radius 3 is 2.67 bits per heavy atom. The molecule has 0 radical (unpaired) electrons. The van der Waals surface area contributed by atoms with Crippen LogP contribution in [0.2, 0.25) is 0 Å². The first-order valence-corrected chi connectivity index (χ1v) is 6.31. The van der Waals surface area contributed by atoms with Crippen LogP contribution in [0.5, 0.6) is 0 Å². The van der Waals surface area contributed by atoms with Gasteiger partial charge in [-0.05, 0) is 31.6 Å². The molecule has 0 aromatic heterocycles. The van der Waals surface area contributed by atoms with Crippen molar-refractivity contribution in [2.45, 2.75) is 45.4 Å². The number of nitrogens with two attached hydrogens (primary N) is 1. The molecule has 1 saturated heterocycles. The molecule has 0 atom stereocenters. The predicted octanol–water partition coefficient (Wildman–Crippen LogP) is 1.98. The molecule has 3 heteroatoms. The molecule has 2 fully saturated rings. The Kier molecular flexibility index (Phi) is 3.17. The molecule has 86 valence electrons. The fraction of sp³-hybridized carbons (Fsp3) is 0.917. The van der Waals surface area contributed by atoms with Gasteiger partial charge in [-0.1, -0.05) is 19.3 Å². The van der Waals surface area contributed by atoms with E-state index in [1.54, 1.807) is 0 Å². The molecule has 1 saturated carbocycles. The highest BCUT2D eigenvalue weighted by atomic mass is 15.3. The van der Waals surface area contributed by atoms with Crippen LogP contribution in [0.15, 0.2) is 4.99 Å². The summed E-state index contributed by atoms with van der Waals surface area (Å²) in [5.74, 6) is 0.764. The van der Waals surface area contributed by atoms with E-state index in [4.69, 9.17) is 5.73 Å². The predicted molar refractivity (Wildman–Crippen MR) is 63.9 cm³/mol. The Morgan fingerprint density at radius 2 is 2.00 bits per heavy atom. The minimum atomic E-state index is 0.589. The molecule has 2 N–H and O–H groups in total. The Labute approximate surface area is 92.7 Å². The van der Waals surface area contributed by atoms with Crippen LogP contribution in [-0.4, -0.2) is 30.5 Å². The summed E-state index contributed by atoms with van der Waals surface area (Å²) in [6.45, 7) is 5.12. The molecule has 2 rings (SSSR count). The number of rotatable bonds is 1. The largest absolute Gasteiger partial charge is 0.370 e. The number of aliphatic imine (C=N–C) groups is 1. The van der Waals surface area contributed by atoms with Crippen molar-refractivity contribution in [3.8, 4) is 0 Å². The number of hydrogen-bond donors (Lipinski definition) is 1.